The lowest BCUT2D eigenvalue weighted by atomic mass is 10.2. The highest BCUT2D eigenvalue weighted by Crippen LogP contribution is 2.16. The lowest BCUT2D eigenvalue weighted by Crippen LogP contribution is -2.23. The second-order valence-electron chi connectivity index (χ2n) is 4.74. The van der Waals surface area contributed by atoms with Gasteiger partial charge in [-0.1, -0.05) is 12.1 Å². The first-order valence-corrected chi connectivity index (χ1v) is 8.83. The monoisotopic (exact) mass is 236 g/mol. The Labute approximate surface area is 99.0 Å². The van der Waals surface area contributed by atoms with Crippen LogP contribution in [-0.2, 0) is 4.43 Å². The predicted octanol–water partition coefficient (Wildman–Crippen LogP) is 3.91. The highest BCUT2D eigenvalue weighted by atomic mass is 28.4. The van der Waals surface area contributed by atoms with E-state index in [0.717, 1.165) is 17.1 Å². The van der Waals surface area contributed by atoms with E-state index >= 15 is 0 Å². The summed E-state index contributed by atoms with van der Waals surface area (Å²) >= 11 is 0. The summed E-state index contributed by atoms with van der Waals surface area (Å²) in [6.07, 6.45) is 2.05. The fourth-order valence-corrected chi connectivity index (χ4v) is 2.47. The summed E-state index contributed by atoms with van der Waals surface area (Å²) in [5, 5.41) is 0. The van der Waals surface area contributed by atoms with Gasteiger partial charge in [-0.2, -0.15) is 0 Å². The molecule has 0 spiro atoms. The third-order valence-electron chi connectivity index (χ3n) is 1.95. The topological polar surface area (TPSA) is 18.5 Å². The van der Waals surface area contributed by atoms with Crippen molar-refractivity contribution in [1.82, 2.24) is 0 Å². The van der Waals surface area contributed by atoms with Gasteiger partial charge in [0.2, 0.25) is 8.32 Å². The molecule has 0 fully saturated rings. The third kappa shape index (κ3) is 4.53. The van der Waals surface area contributed by atoms with E-state index in [1.54, 1.807) is 7.11 Å². The van der Waals surface area contributed by atoms with E-state index in [1.807, 2.05) is 31.2 Å². The quantitative estimate of drug-likeness (QED) is 0.583. The van der Waals surface area contributed by atoms with Gasteiger partial charge in [0.1, 0.15) is 5.75 Å². The van der Waals surface area contributed by atoms with Crippen LogP contribution in [0, 0.1) is 0 Å². The van der Waals surface area contributed by atoms with Crippen LogP contribution in [-0.4, -0.2) is 15.4 Å². The zero-order chi connectivity index (χ0) is 12.2. The van der Waals surface area contributed by atoms with Gasteiger partial charge in [-0.15, -0.1) is 0 Å². The number of hydrogen-bond acceptors (Lipinski definition) is 2. The smallest absolute Gasteiger partial charge is 0.241 e. The van der Waals surface area contributed by atoms with E-state index < -0.39 is 8.32 Å². The summed E-state index contributed by atoms with van der Waals surface area (Å²) in [6, 6.07) is 7.95. The second kappa shape index (κ2) is 5.21. The summed E-state index contributed by atoms with van der Waals surface area (Å²) in [7, 11) is 0.186. The van der Waals surface area contributed by atoms with Gasteiger partial charge in [0, 0.05) is 0 Å². The first kappa shape index (κ1) is 12.8. The first-order valence-electron chi connectivity index (χ1n) is 5.42. The zero-order valence-corrected chi connectivity index (χ0v) is 11.7. The summed E-state index contributed by atoms with van der Waals surface area (Å²) in [4.78, 5) is 0. The van der Waals surface area contributed by atoms with Gasteiger partial charge in [-0.25, -0.2) is 0 Å². The van der Waals surface area contributed by atoms with Gasteiger partial charge in [0.25, 0.3) is 0 Å². The molecule has 3 heteroatoms. The minimum absolute atomic E-state index is 0.876. The Morgan fingerprint density at radius 2 is 1.69 bits per heavy atom. The molecule has 0 radical (unpaired) electrons. The fraction of sp³-hybridized carbons (Fsp3) is 0.385. The molecule has 0 amide bonds. The molecule has 88 valence electrons. The molecule has 0 atom stereocenters. The minimum Gasteiger partial charge on any atom is -0.548 e. The van der Waals surface area contributed by atoms with Crippen LogP contribution in [0.1, 0.15) is 12.5 Å². The normalized spacial score (nSPS) is 12.4. The SMILES string of the molecule is COc1ccc(/C=C(\C)O[Si](C)(C)C)cc1. The van der Waals surface area contributed by atoms with Gasteiger partial charge in [-0.3, -0.25) is 0 Å². The average Bonchev–Trinajstić information content (AvgIpc) is 2.16. The minimum atomic E-state index is -1.48. The molecule has 1 rings (SSSR count). The van der Waals surface area contributed by atoms with E-state index in [4.69, 9.17) is 9.16 Å². The van der Waals surface area contributed by atoms with E-state index in [9.17, 15) is 0 Å². The van der Waals surface area contributed by atoms with Gasteiger partial charge in [0.05, 0.1) is 12.9 Å². The van der Waals surface area contributed by atoms with E-state index in [2.05, 4.69) is 25.7 Å². The van der Waals surface area contributed by atoms with Crippen molar-refractivity contribution < 1.29 is 9.16 Å². The molecule has 0 heterocycles. The van der Waals surface area contributed by atoms with Crippen molar-refractivity contribution in [1.29, 1.82) is 0 Å². The molecule has 2 nitrogen and oxygen atoms in total. The van der Waals surface area contributed by atoms with E-state index in [-0.39, 0.29) is 0 Å². The second-order valence-corrected chi connectivity index (χ2v) is 9.17. The van der Waals surface area contributed by atoms with Crippen LogP contribution >= 0.6 is 0 Å². The highest BCUT2D eigenvalue weighted by molar-refractivity contribution is 6.70. The molecule has 0 bridgehead atoms. The van der Waals surface area contributed by atoms with Crippen molar-refractivity contribution >= 4 is 14.4 Å². The molecule has 0 aromatic heterocycles. The van der Waals surface area contributed by atoms with E-state index in [0.29, 0.717) is 0 Å². The first-order chi connectivity index (χ1) is 7.40. The Morgan fingerprint density at radius 3 is 2.12 bits per heavy atom. The number of hydrogen-bond donors (Lipinski definition) is 0. The van der Waals surface area contributed by atoms with Crippen LogP contribution in [0.3, 0.4) is 0 Å². The van der Waals surface area contributed by atoms with Crippen molar-refractivity contribution in [3.63, 3.8) is 0 Å². The molecule has 1 aromatic rings. The molecule has 0 aliphatic carbocycles. The van der Waals surface area contributed by atoms with Crippen LogP contribution in [0.25, 0.3) is 6.08 Å². The molecule has 1 aromatic carbocycles. The molecule has 0 unspecified atom stereocenters. The summed E-state index contributed by atoms with van der Waals surface area (Å²) in [5.41, 5.74) is 1.14. The van der Waals surface area contributed by atoms with Crippen molar-refractivity contribution in [2.45, 2.75) is 26.6 Å². The van der Waals surface area contributed by atoms with Gasteiger partial charge >= 0.3 is 0 Å². The molecule has 16 heavy (non-hydrogen) atoms. The van der Waals surface area contributed by atoms with Crippen LogP contribution < -0.4 is 4.74 Å². The Hall–Kier alpha value is -1.22. The number of benzene rings is 1. The van der Waals surface area contributed by atoms with Gasteiger partial charge in [-0.05, 0) is 50.3 Å². The largest absolute Gasteiger partial charge is 0.548 e. The maximum atomic E-state index is 5.87. The highest BCUT2D eigenvalue weighted by Gasteiger charge is 2.15. The zero-order valence-electron chi connectivity index (χ0n) is 10.7. The summed E-state index contributed by atoms with van der Waals surface area (Å²) < 4.78 is 11.0. The molecule has 0 saturated carbocycles. The van der Waals surface area contributed by atoms with Crippen molar-refractivity contribution in [3.8, 4) is 5.75 Å². The van der Waals surface area contributed by atoms with Crippen LogP contribution in [0.15, 0.2) is 30.0 Å². The Morgan fingerprint density at radius 1 is 1.12 bits per heavy atom. The summed E-state index contributed by atoms with van der Waals surface area (Å²) in [5.74, 6) is 1.85. The lowest BCUT2D eigenvalue weighted by molar-refractivity contribution is 0.414. The molecule has 0 aliphatic rings. The number of allylic oxidation sites excluding steroid dienone is 1. The molecule has 0 saturated heterocycles. The van der Waals surface area contributed by atoms with Crippen molar-refractivity contribution in [2.24, 2.45) is 0 Å². The molecule has 0 aliphatic heterocycles. The van der Waals surface area contributed by atoms with Crippen LogP contribution in [0.2, 0.25) is 19.6 Å². The number of methoxy groups -OCH3 is 1. The van der Waals surface area contributed by atoms with E-state index in [1.165, 1.54) is 0 Å². The van der Waals surface area contributed by atoms with Gasteiger partial charge in [0.15, 0.2) is 0 Å². The van der Waals surface area contributed by atoms with Crippen molar-refractivity contribution in [3.05, 3.63) is 35.6 Å². The maximum Gasteiger partial charge on any atom is 0.241 e. The Kier molecular flexibility index (Phi) is 4.18. The molecular formula is C13H20O2Si. The van der Waals surface area contributed by atoms with Gasteiger partial charge < -0.3 is 9.16 Å². The van der Waals surface area contributed by atoms with Crippen LogP contribution in [0.4, 0.5) is 0 Å². The van der Waals surface area contributed by atoms with Crippen LogP contribution in [0.5, 0.6) is 5.75 Å². The number of ether oxygens (including phenoxy) is 1. The standard InChI is InChI=1S/C13H20O2Si/c1-11(15-16(3,4)5)10-12-6-8-13(14-2)9-7-12/h6-10H,1-5H3/b11-10+. The summed E-state index contributed by atoms with van der Waals surface area (Å²) in [6.45, 7) is 8.54. The Bertz CT molecular complexity index is 361. The molecule has 0 N–H and O–H groups in total. The average molecular weight is 236 g/mol. The Balaban J connectivity index is 2.74. The third-order valence-corrected chi connectivity index (χ3v) is 2.89. The number of rotatable bonds is 4. The predicted molar refractivity (Wildman–Crippen MR) is 71.1 cm³/mol. The maximum absolute atomic E-state index is 5.87. The molecular weight excluding hydrogens is 216 g/mol. The van der Waals surface area contributed by atoms with Crippen molar-refractivity contribution in [2.75, 3.05) is 7.11 Å². The lowest BCUT2D eigenvalue weighted by Gasteiger charge is -2.19. The fourth-order valence-electron chi connectivity index (χ4n) is 1.45.